The molecule has 2 atom stereocenters. The number of methoxy groups -OCH3 is 2. The molecule has 2 unspecified atom stereocenters. The van der Waals surface area contributed by atoms with E-state index >= 15 is 0 Å². The summed E-state index contributed by atoms with van der Waals surface area (Å²) in [5.41, 5.74) is 1.01. The zero-order valence-corrected chi connectivity index (χ0v) is 13.7. The van der Waals surface area contributed by atoms with Gasteiger partial charge in [-0.05, 0) is 37.4 Å². The molecule has 2 rings (SSSR count). The Morgan fingerprint density at radius 2 is 2.05 bits per heavy atom. The van der Waals surface area contributed by atoms with E-state index in [0.29, 0.717) is 16.5 Å². The number of rotatable bonds is 7. The largest absolute Gasteiger partial charge is 0.493 e. The lowest BCUT2D eigenvalue weighted by molar-refractivity contribution is 0.0782. The molecule has 4 nitrogen and oxygen atoms in total. The first-order valence-electron chi connectivity index (χ1n) is 7.47. The van der Waals surface area contributed by atoms with Crippen molar-refractivity contribution in [2.24, 2.45) is 0 Å². The molecule has 1 fully saturated rings. The average molecular weight is 314 g/mol. The van der Waals surface area contributed by atoms with Crippen molar-refractivity contribution in [2.45, 2.75) is 38.3 Å². The Hall–Kier alpha value is -0.970. The molecular formula is C16H24ClNO3. The molecule has 0 spiro atoms. The van der Waals surface area contributed by atoms with E-state index in [1.54, 1.807) is 14.2 Å². The lowest BCUT2D eigenvalue weighted by Gasteiger charge is -2.26. The fourth-order valence-electron chi connectivity index (χ4n) is 2.72. The van der Waals surface area contributed by atoms with Gasteiger partial charge in [-0.3, -0.25) is 0 Å². The molecule has 1 saturated heterocycles. The van der Waals surface area contributed by atoms with Crippen LogP contribution in [0, 0.1) is 0 Å². The van der Waals surface area contributed by atoms with Crippen LogP contribution in [0.25, 0.3) is 0 Å². The highest BCUT2D eigenvalue weighted by molar-refractivity contribution is 6.31. The van der Waals surface area contributed by atoms with E-state index in [0.717, 1.165) is 38.0 Å². The van der Waals surface area contributed by atoms with Crippen LogP contribution in [0.4, 0.5) is 0 Å². The maximum Gasteiger partial charge on any atom is 0.162 e. The molecule has 0 aromatic heterocycles. The fraction of sp³-hybridized carbons (Fsp3) is 0.625. The van der Waals surface area contributed by atoms with Gasteiger partial charge in [-0.15, -0.1) is 0 Å². The van der Waals surface area contributed by atoms with Crippen LogP contribution < -0.4 is 14.8 Å². The summed E-state index contributed by atoms with van der Waals surface area (Å²) in [4.78, 5) is 0. The summed E-state index contributed by atoms with van der Waals surface area (Å²) in [6.07, 6.45) is 3.37. The zero-order valence-electron chi connectivity index (χ0n) is 12.9. The lowest BCUT2D eigenvalue weighted by atomic mass is 9.98. The predicted molar refractivity (Wildman–Crippen MR) is 84.6 cm³/mol. The van der Waals surface area contributed by atoms with Crippen molar-refractivity contribution in [3.05, 3.63) is 22.7 Å². The van der Waals surface area contributed by atoms with Crippen LogP contribution in [0.5, 0.6) is 11.5 Å². The van der Waals surface area contributed by atoms with Gasteiger partial charge in [0.1, 0.15) is 0 Å². The van der Waals surface area contributed by atoms with Gasteiger partial charge in [0, 0.05) is 17.7 Å². The Balaban J connectivity index is 2.33. The topological polar surface area (TPSA) is 39.7 Å². The molecule has 21 heavy (non-hydrogen) atoms. The van der Waals surface area contributed by atoms with E-state index in [9.17, 15) is 0 Å². The molecule has 1 aliphatic heterocycles. The number of halogens is 1. The first-order valence-corrected chi connectivity index (χ1v) is 7.85. The molecule has 1 aliphatic rings. The molecular weight excluding hydrogens is 290 g/mol. The maximum absolute atomic E-state index is 6.46. The minimum absolute atomic E-state index is 0.0831. The Morgan fingerprint density at radius 3 is 2.62 bits per heavy atom. The van der Waals surface area contributed by atoms with Gasteiger partial charge < -0.3 is 19.5 Å². The van der Waals surface area contributed by atoms with Gasteiger partial charge in [-0.1, -0.05) is 18.5 Å². The fourth-order valence-corrected chi connectivity index (χ4v) is 2.99. The molecule has 0 radical (unpaired) electrons. The number of nitrogens with one attached hydrogen (secondary N) is 1. The molecule has 0 bridgehead atoms. The third-order valence-corrected chi connectivity index (χ3v) is 4.12. The van der Waals surface area contributed by atoms with Gasteiger partial charge in [0.2, 0.25) is 0 Å². The van der Waals surface area contributed by atoms with Crippen molar-refractivity contribution in [3.63, 3.8) is 0 Å². The monoisotopic (exact) mass is 313 g/mol. The third kappa shape index (κ3) is 3.82. The summed E-state index contributed by atoms with van der Waals surface area (Å²) in [5, 5.41) is 4.23. The van der Waals surface area contributed by atoms with Crippen molar-refractivity contribution in [1.29, 1.82) is 0 Å². The van der Waals surface area contributed by atoms with Crippen molar-refractivity contribution in [1.82, 2.24) is 5.32 Å². The van der Waals surface area contributed by atoms with Gasteiger partial charge in [-0.2, -0.15) is 0 Å². The number of ether oxygens (including phenoxy) is 3. The molecule has 1 aromatic rings. The Bertz CT molecular complexity index is 461. The van der Waals surface area contributed by atoms with Gasteiger partial charge in [0.25, 0.3) is 0 Å². The predicted octanol–water partition coefficient (Wildman–Crippen LogP) is 3.58. The van der Waals surface area contributed by atoms with Gasteiger partial charge >= 0.3 is 0 Å². The van der Waals surface area contributed by atoms with Crippen LogP contribution in [-0.2, 0) is 4.74 Å². The van der Waals surface area contributed by atoms with E-state index in [-0.39, 0.29) is 12.1 Å². The summed E-state index contributed by atoms with van der Waals surface area (Å²) in [5.74, 6) is 1.34. The molecule has 0 saturated carbocycles. The van der Waals surface area contributed by atoms with Crippen LogP contribution in [0.15, 0.2) is 12.1 Å². The van der Waals surface area contributed by atoms with Crippen molar-refractivity contribution in [3.8, 4) is 11.5 Å². The van der Waals surface area contributed by atoms with Crippen molar-refractivity contribution in [2.75, 3.05) is 27.4 Å². The highest BCUT2D eigenvalue weighted by atomic mass is 35.5. The van der Waals surface area contributed by atoms with Crippen LogP contribution in [-0.4, -0.2) is 33.5 Å². The molecule has 1 aromatic carbocycles. The highest BCUT2D eigenvalue weighted by Crippen LogP contribution is 2.38. The van der Waals surface area contributed by atoms with Crippen LogP contribution in [0.2, 0.25) is 5.02 Å². The van der Waals surface area contributed by atoms with Crippen molar-refractivity contribution >= 4 is 11.6 Å². The average Bonchev–Trinajstić information content (AvgIpc) is 3.02. The van der Waals surface area contributed by atoms with Crippen LogP contribution in [0.3, 0.4) is 0 Å². The third-order valence-electron chi connectivity index (χ3n) is 3.79. The summed E-state index contributed by atoms with van der Waals surface area (Å²) >= 11 is 6.46. The lowest BCUT2D eigenvalue weighted by Crippen LogP contribution is -2.32. The van der Waals surface area contributed by atoms with E-state index in [1.165, 1.54) is 0 Å². The number of benzene rings is 1. The van der Waals surface area contributed by atoms with E-state index in [1.807, 2.05) is 12.1 Å². The second-order valence-corrected chi connectivity index (χ2v) is 5.62. The molecule has 118 valence electrons. The summed E-state index contributed by atoms with van der Waals surface area (Å²) in [7, 11) is 3.25. The minimum Gasteiger partial charge on any atom is -0.493 e. The first kappa shape index (κ1) is 16.4. The van der Waals surface area contributed by atoms with Crippen molar-refractivity contribution < 1.29 is 14.2 Å². The maximum atomic E-state index is 6.46. The molecule has 5 heteroatoms. The van der Waals surface area contributed by atoms with E-state index in [2.05, 4.69) is 12.2 Å². The quantitative estimate of drug-likeness (QED) is 0.835. The number of hydrogen-bond acceptors (Lipinski definition) is 4. The Kier molecular flexibility index (Phi) is 6.15. The summed E-state index contributed by atoms with van der Waals surface area (Å²) in [6, 6.07) is 3.85. The summed E-state index contributed by atoms with van der Waals surface area (Å²) in [6.45, 7) is 3.89. The van der Waals surface area contributed by atoms with Crippen LogP contribution in [0.1, 0.15) is 37.8 Å². The SMILES string of the molecule is CCCNC(c1cc(OC)c(OC)cc1Cl)C1CCCO1. The Labute approximate surface area is 131 Å². The molecule has 0 aliphatic carbocycles. The molecule has 0 amide bonds. The minimum atomic E-state index is 0.0831. The standard InChI is InChI=1S/C16H24ClNO3/c1-4-7-18-16(13-6-5-8-21-13)11-9-14(19-2)15(20-3)10-12(11)17/h9-10,13,16,18H,4-8H2,1-3H3. The normalized spacial score (nSPS) is 19.5. The molecule has 1 N–H and O–H groups in total. The van der Waals surface area contributed by atoms with Gasteiger partial charge in [0.05, 0.1) is 26.4 Å². The Morgan fingerprint density at radius 1 is 1.33 bits per heavy atom. The number of hydrogen-bond donors (Lipinski definition) is 1. The molecule has 1 heterocycles. The van der Waals surface area contributed by atoms with Gasteiger partial charge in [-0.25, -0.2) is 0 Å². The second kappa shape index (κ2) is 7.87. The van der Waals surface area contributed by atoms with E-state index in [4.69, 9.17) is 25.8 Å². The van der Waals surface area contributed by atoms with Crippen LogP contribution >= 0.6 is 11.6 Å². The smallest absolute Gasteiger partial charge is 0.162 e. The second-order valence-electron chi connectivity index (χ2n) is 5.21. The zero-order chi connectivity index (χ0) is 15.2. The van der Waals surface area contributed by atoms with Gasteiger partial charge in [0.15, 0.2) is 11.5 Å². The van der Waals surface area contributed by atoms with E-state index < -0.39 is 0 Å². The summed E-state index contributed by atoms with van der Waals surface area (Å²) < 4.78 is 16.6. The highest BCUT2D eigenvalue weighted by Gasteiger charge is 2.29. The first-order chi connectivity index (χ1) is 10.2.